The van der Waals surface area contributed by atoms with E-state index in [1.807, 2.05) is 57.3 Å². The first-order chi connectivity index (χ1) is 13.8. The summed E-state index contributed by atoms with van der Waals surface area (Å²) in [5, 5.41) is 3.74. The molecule has 150 valence electrons. The zero-order chi connectivity index (χ0) is 20.7. The lowest BCUT2D eigenvalue weighted by Crippen LogP contribution is -2.40. The van der Waals surface area contributed by atoms with Crippen LogP contribution in [-0.2, 0) is 24.8 Å². The Bertz CT molecular complexity index is 1180. The summed E-state index contributed by atoms with van der Waals surface area (Å²) < 4.78 is 2.14. The predicted octanol–water partition coefficient (Wildman–Crippen LogP) is 3.46. The molecule has 5 nitrogen and oxygen atoms in total. The number of nitrogens with zero attached hydrogens (tertiary/aromatic N) is 2. The molecule has 0 radical (unpaired) electrons. The number of carbonyl (C=O) groups is 1. The van der Waals surface area contributed by atoms with Gasteiger partial charge in [-0.1, -0.05) is 17.7 Å². The van der Waals surface area contributed by atoms with Gasteiger partial charge >= 0.3 is 0 Å². The molecule has 3 aromatic rings. The number of hydrogen-bond donors (Lipinski definition) is 1. The van der Waals surface area contributed by atoms with Crippen molar-refractivity contribution in [2.75, 3.05) is 18.4 Å². The number of benzene rings is 2. The molecule has 0 unspecified atom stereocenters. The molecule has 1 amide bonds. The normalized spacial score (nSPS) is 14.1. The van der Waals surface area contributed by atoms with Crippen molar-refractivity contribution in [1.29, 1.82) is 0 Å². The third-order valence-corrected chi connectivity index (χ3v) is 5.99. The minimum Gasteiger partial charge on any atom is -0.347 e. The molecular formula is C24H27N3O2. The Morgan fingerprint density at radius 1 is 1.07 bits per heavy atom. The van der Waals surface area contributed by atoms with Gasteiger partial charge in [0.2, 0.25) is 5.91 Å². The fraction of sp³-hybridized carbons (Fsp3) is 0.333. The van der Waals surface area contributed by atoms with Crippen LogP contribution in [0.5, 0.6) is 0 Å². The summed E-state index contributed by atoms with van der Waals surface area (Å²) in [6, 6.07) is 12.0. The van der Waals surface area contributed by atoms with Gasteiger partial charge in [0.25, 0.3) is 0 Å². The van der Waals surface area contributed by atoms with E-state index in [0.29, 0.717) is 6.54 Å². The first kappa shape index (κ1) is 19.4. The van der Waals surface area contributed by atoms with E-state index in [-0.39, 0.29) is 17.9 Å². The molecule has 0 spiro atoms. The number of pyridine rings is 1. The van der Waals surface area contributed by atoms with Crippen molar-refractivity contribution in [3.05, 3.63) is 74.6 Å². The molecular weight excluding hydrogens is 362 g/mol. The van der Waals surface area contributed by atoms with Crippen LogP contribution in [0.15, 0.2) is 41.2 Å². The molecule has 0 atom stereocenters. The molecule has 0 bridgehead atoms. The Balaban J connectivity index is 1.55. The SMILES string of the molecule is Cc1ccc2c(c1)c(=O)c1c(n2C)CCN(CC(=O)Nc2ccc(C)c(C)c2)C1. The van der Waals surface area contributed by atoms with Crippen LogP contribution >= 0.6 is 0 Å². The van der Waals surface area contributed by atoms with Gasteiger partial charge in [0.1, 0.15) is 0 Å². The van der Waals surface area contributed by atoms with E-state index in [1.54, 1.807) is 0 Å². The number of amides is 1. The fourth-order valence-corrected chi connectivity index (χ4v) is 4.17. The topological polar surface area (TPSA) is 54.3 Å². The number of fused-ring (bicyclic) bond motifs is 2. The smallest absolute Gasteiger partial charge is 0.238 e. The van der Waals surface area contributed by atoms with Gasteiger partial charge in [-0.05, 0) is 56.2 Å². The minimum absolute atomic E-state index is 0.0508. The van der Waals surface area contributed by atoms with E-state index < -0.39 is 0 Å². The van der Waals surface area contributed by atoms with Crippen molar-refractivity contribution < 1.29 is 4.79 Å². The van der Waals surface area contributed by atoms with Crippen molar-refractivity contribution in [2.45, 2.75) is 33.7 Å². The summed E-state index contributed by atoms with van der Waals surface area (Å²) in [5.74, 6) is -0.0508. The summed E-state index contributed by atoms with van der Waals surface area (Å²) in [7, 11) is 2.03. The lowest BCUT2D eigenvalue weighted by Gasteiger charge is -2.30. The monoisotopic (exact) mass is 389 g/mol. The molecule has 2 aromatic carbocycles. The zero-order valence-corrected chi connectivity index (χ0v) is 17.5. The number of aromatic nitrogens is 1. The van der Waals surface area contributed by atoms with Crippen molar-refractivity contribution in [3.8, 4) is 0 Å². The first-order valence-corrected chi connectivity index (χ1v) is 10.0. The maximum absolute atomic E-state index is 13.1. The van der Waals surface area contributed by atoms with Gasteiger partial charge in [-0.25, -0.2) is 0 Å². The third-order valence-electron chi connectivity index (χ3n) is 5.99. The molecule has 2 heterocycles. The van der Waals surface area contributed by atoms with Crippen molar-refractivity contribution >= 4 is 22.5 Å². The number of aryl methyl sites for hydroxylation is 4. The highest BCUT2D eigenvalue weighted by Crippen LogP contribution is 2.22. The van der Waals surface area contributed by atoms with Gasteiger partial charge in [-0.3, -0.25) is 14.5 Å². The summed E-state index contributed by atoms with van der Waals surface area (Å²) in [6.07, 6.45) is 0.766. The zero-order valence-electron chi connectivity index (χ0n) is 17.5. The number of carbonyl (C=O) groups excluding carboxylic acids is 1. The molecule has 1 aliphatic heterocycles. The predicted molar refractivity (Wildman–Crippen MR) is 117 cm³/mol. The second-order valence-corrected chi connectivity index (χ2v) is 8.14. The number of hydrogen-bond acceptors (Lipinski definition) is 3. The van der Waals surface area contributed by atoms with Crippen LogP contribution < -0.4 is 10.7 Å². The molecule has 5 heteroatoms. The quantitative estimate of drug-likeness (QED) is 0.746. The first-order valence-electron chi connectivity index (χ1n) is 10.0. The number of rotatable bonds is 3. The van der Waals surface area contributed by atoms with Crippen LogP contribution in [0.25, 0.3) is 10.9 Å². The van der Waals surface area contributed by atoms with Gasteiger partial charge in [0.15, 0.2) is 5.43 Å². The summed E-state index contributed by atoms with van der Waals surface area (Å²) in [4.78, 5) is 27.7. The van der Waals surface area contributed by atoms with Crippen molar-refractivity contribution in [2.24, 2.45) is 7.05 Å². The highest BCUT2D eigenvalue weighted by molar-refractivity contribution is 5.92. The Hall–Kier alpha value is -2.92. The van der Waals surface area contributed by atoms with Crippen LogP contribution in [0, 0.1) is 20.8 Å². The van der Waals surface area contributed by atoms with E-state index >= 15 is 0 Å². The second-order valence-electron chi connectivity index (χ2n) is 8.14. The highest BCUT2D eigenvalue weighted by Gasteiger charge is 2.24. The van der Waals surface area contributed by atoms with E-state index in [1.165, 1.54) is 5.56 Å². The van der Waals surface area contributed by atoms with E-state index in [2.05, 4.69) is 21.7 Å². The summed E-state index contributed by atoms with van der Waals surface area (Å²) >= 11 is 0. The standard InChI is InChI=1S/C24H27N3O2/c1-15-5-8-21-19(11-15)24(29)20-13-27(10-9-22(20)26(21)4)14-23(28)25-18-7-6-16(2)17(3)12-18/h5-8,11-12H,9-10,13-14H2,1-4H3,(H,25,28). The van der Waals surface area contributed by atoms with Gasteiger partial charge in [-0.2, -0.15) is 0 Å². The van der Waals surface area contributed by atoms with Crippen molar-refractivity contribution in [3.63, 3.8) is 0 Å². The Morgan fingerprint density at radius 2 is 1.86 bits per heavy atom. The molecule has 0 aliphatic carbocycles. The molecule has 29 heavy (non-hydrogen) atoms. The van der Waals surface area contributed by atoms with Crippen LogP contribution in [0.1, 0.15) is 27.9 Å². The Kier molecular flexibility index (Phi) is 5.01. The van der Waals surface area contributed by atoms with Gasteiger partial charge in [0, 0.05) is 48.9 Å². The van der Waals surface area contributed by atoms with Gasteiger partial charge < -0.3 is 9.88 Å². The Labute approximate surface area is 171 Å². The van der Waals surface area contributed by atoms with Gasteiger partial charge in [-0.15, -0.1) is 0 Å². The van der Waals surface area contributed by atoms with Crippen LogP contribution in [-0.4, -0.2) is 28.5 Å². The molecule has 1 aromatic heterocycles. The average molecular weight is 389 g/mol. The van der Waals surface area contributed by atoms with E-state index in [9.17, 15) is 9.59 Å². The highest BCUT2D eigenvalue weighted by atomic mass is 16.2. The lowest BCUT2D eigenvalue weighted by molar-refractivity contribution is -0.117. The van der Waals surface area contributed by atoms with Crippen LogP contribution in [0.2, 0.25) is 0 Å². The molecule has 0 fully saturated rings. The lowest BCUT2D eigenvalue weighted by atomic mass is 10.0. The number of nitrogens with one attached hydrogen (secondary N) is 1. The third kappa shape index (κ3) is 3.70. The number of anilines is 1. The summed E-state index contributed by atoms with van der Waals surface area (Å²) in [5.41, 5.74) is 7.21. The summed E-state index contributed by atoms with van der Waals surface area (Å²) in [6.45, 7) is 7.64. The molecule has 1 aliphatic rings. The van der Waals surface area contributed by atoms with Crippen LogP contribution in [0.4, 0.5) is 5.69 Å². The maximum atomic E-state index is 13.1. The molecule has 4 rings (SSSR count). The molecule has 0 saturated carbocycles. The van der Waals surface area contributed by atoms with Gasteiger partial charge in [0.05, 0.1) is 12.1 Å². The second kappa shape index (κ2) is 7.48. The minimum atomic E-state index is -0.0508. The Morgan fingerprint density at radius 3 is 2.62 bits per heavy atom. The maximum Gasteiger partial charge on any atom is 0.238 e. The molecule has 1 N–H and O–H groups in total. The van der Waals surface area contributed by atoms with Crippen LogP contribution in [0.3, 0.4) is 0 Å². The largest absolute Gasteiger partial charge is 0.347 e. The van der Waals surface area contributed by atoms with Crippen molar-refractivity contribution in [1.82, 2.24) is 9.47 Å². The molecule has 0 saturated heterocycles. The average Bonchev–Trinajstić information content (AvgIpc) is 2.69. The fourth-order valence-electron chi connectivity index (χ4n) is 4.17. The van der Waals surface area contributed by atoms with E-state index in [4.69, 9.17) is 0 Å². The van der Waals surface area contributed by atoms with E-state index in [0.717, 1.165) is 51.9 Å².